The molecular formula is C26H30O4SiTi-4. The van der Waals surface area contributed by atoms with Crippen molar-refractivity contribution in [2.24, 2.45) is 0 Å². The molecule has 0 amide bonds. The van der Waals surface area contributed by atoms with Gasteiger partial charge in [-0.1, -0.05) is 36.4 Å². The number of carboxylic acids is 2. The molecule has 170 valence electrons. The third kappa shape index (κ3) is 19.2. The van der Waals surface area contributed by atoms with Crippen LogP contribution in [0, 0.1) is 27.0 Å². The minimum atomic E-state index is -0.879. The summed E-state index contributed by atoms with van der Waals surface area (Å²) in [6, 6.07) is 16.6. The topological polar surface area (TPSA) is 74.6 Å². The number of hydrogen-bond acceptors (Lipinski definition) is 2. The van der Waals surface area contributed by atoms with E-state index in [9.17, 15) is 9.59 Å². The molecule has 6 heteroatoms. The summed E-state index contributed by atoms with van der Waals surface area (Å²) in [6.45, 7) is 0. The van der Waals surface area contributed by atoms with Crippen molar-refractivity contribution in [3.63, 3.8) is 0 Å². The molecule has 0 aliphatic heterocycles. The Kier molecular flexibility index (Phi) is 26.0. The standard InChI is InChI=1S/2C7H6O2.2C5H5.2CH3.H2Si.Ti/c2*8-7(9)6-4-2-1-3-5-6;2*1-2-4-5-3-1;;;;/h2*1-5H,(H,8,9);2*1-3H,4H2;2*1H3;1H2;/q;;4*-1;;. The molecule has 2 aromatic rings. The zero-order valence-electron chi connectivity index (χ0n) is 18.6. The molecule has 0 saturated heterocycles. The fourth-order valence-electron chi connectivity index (χ4n) is 1.84. The van der Waals surface area contributed by atoms with E-state index < -0.39 is 11.9 Å². The Morgan fingerprint density at radius 3 is 1.12 bits per heavy atom. The van der Waals surface area contributed by atoms with Gasteiger partial charge in [-0.3, -0.25) is 12.2 Å². The van der Waals surface area contributed by atoms with Gasteiger partial charge in [-0.05, 0) is 24.3 Å². The Labute approximate surface area is 206 Å². The number of carbonyl (C=O) groups is 2. The van der Waals surface area contributed by atoms with Crippen LogP contribution in [0.4, 0.5) is 0 Å². The van der Waals surface area contributed by atoms with E-state index in [2.05, 4.69) is 24.3 Å². The second kappa shape index (κ2) is 24.5. The van der Waals surface area contributed by atoms with Crippen molar-refractivity contribution in [2.45, 2.75) is 12.8 Å². The summed E-state index contributed by atoms with van der Waals surface area (Å²) >= 11 is 2.03. The Morgan fingerprint density at radius 1 is 0.688 bits per heavy atom. The number of benzene rings is 2. The van der Waals surface area contributed by atoms with Gasteiger partial charge in [0.15, 0.2) is 0 Å². The molecule has 4 nitrogen and oxygen atoms in total. The summed E-state index contributed by atoms with van der Waals surface area (Å²) < 4.78 is 0. The normalized spacial score (nSPS) is 10.6. The van der Waals surface area contributed by atoms with E-state index in [4.69, 9.17) is 10.2 Å². The van der Waals surface area contributed by atoms with Crippen molar-refractivity contribution in [3.05, 3.63) is 135 Å². The van der Waals surface area contributed by atoms with Gasteiger partial charge in [0, 0.05) is 0 Å². The predicted molar refractivity (Wildman–Crippen MR) is 131 cm³/mol. The van der Waals surface area contributed by atoms with Crippen LogP contribution in [-0.4, -0.2) is 29.8 Å². The maximum atomic E-state index is 10.2. The maximum absolute atomic E-state index is 10.2. The summed E-state index contributed by atoms with van der Waals surface area (Å²) in [5.74, 6) is -1.76. The average molecular weight is 482 g/mol. The molecule has 0 fully saturated rings. The van der Waals surface area contributed by atoms with Gasteiger partial charge in [-0.15, -0.1) is 12.8 Å². The van der Waals surface area contributed by atoms with Crippen molar-refractivity contribution in [2.75, 3.05) is 0 Å². The molecule has 2 aliphatic carbocycles. The van der Waals surface area contributed by atoms with Crippen LogP contribution < -0.4 is 0 Å². The molecular weight excluding hydrogens is 452 g/mol. The summed E-state index contributed by atoms with van der Waals surface area (Å²) in [7, 11) is 1.86. The predicted octanol–water partition coefficient (Wildman–Crippen LogP) is 5.36. The van der Waals surface area contributed by atoms with E-state index in [0.29, 0.717) is 11.1 Å². The first-order valence-electron chi connectivity index (χ1n) is 8.96. The molecule has 0 aromatic heterocycles. The van der Waals surface area contributed by atoms with Gasteiger partial charge in [0.05, 0.1) is 11.1 Å². The first-order chi connectivity index (χ1) is 14.6. The molecule has 0 bridgehead atoms. The second-order valence-corrected chi connectivity index (χ2v) is 5.35. The van der Waals surface area contributed by atoms with E-state index in [1.54, 1.807) is 60.7 Å². The van der Waals surface area contributed by atoms with E-state index in [1.807, 2.05) is 51.1 Å². The number of aromatic carboxylic acids is 2. The number of carboxylic acid groups (broad SMARTS) is 2. The van der Waals surface area contributed by atoms with Crippen molar-refractivity contribution in [1.29, 1.82) is 0 Å². The van der Waals surface area contributed by atoms with Crippen molar-refractivity contribution in [1.82, 2.24) is 0 Å². The number of rotatable bonds is 2. The zero-order chi connectivity index (χ0) is 22.5. The summed E-state index contributed by atoms with van der Waals surface area (Å²) in [6.07, 6.45) is 20.0. The molecule has 0 radical (unpaired) electrons. The summed E-state index contributed by atoms with van der Waals surface area (Å²) in [5, 5.41) is 16.8. The third-order valence-corrected chi connectivity index (χ3v) is 3.21. The molecule has 0 unspecified atom stereocenters. The van der Waals surface area contributed by atoms with Crippen molar-refractivity contribution >= 4 is 19.6 Å². The van der Waals surface area contributed by atoms with Crippen LogP contribution in [0.25, 0.3) is 0 Å². The summed E-state index contributed by atoms with van der Waals surface area (Å²) in [4.78, 5) is 20.4. The molecule has 2 aliphatic rings. The van der Waals surface area contributed by atoms with Crippen LogP contribution in [0.3, 0.4) is 0 Å². The molecule has 0 saturated carbocycles. The first-order valence-corrected chi connectivity index (χ1v) is 13.0. The first kappa shape index (κ1) is 33.9. The number of hydrogen-bond donors (Lipinski definition) is 2. The van der Waals surface area contributed by atoms with Crippen LogP contribution in [-0.2, 0) is 19.2 Å². The van der Waals surface area contributed by atoms with Crippen LogP contribution >= 0.6 is 0 Å². The average Bonchev–Trinajstić information content (AvgIpc) is 3.56. The van der Waals surface area contributed by atoms with Gasteiger partial charge in [0.1, 0.15) is 0 Å². The molecule has 2 N–H and O–H groups in total. The van der Waals surface area contributed by atoms with Gasteiger partial charge in [-0.25, -0.2) is 33.9 Å². The Bertz CT molecular complexity index is 753. The van der Waals surface area contributed by atoms with E-state index >= 15 is 0 Å². The fraction of sp³-hybridized carbons (Fsp3) is 0.0769. The Hall–Kier alpha value is -2.73. The monoisotopic (exact) mass is 482 g/mol. The minimum absolute atomic E-state index is 0. The molecule has 0 heterocycles. The molecule has 2 aromatic carbocycles. The Morgan fingerprint density at radius 2 is 1.00 bits per heavy atom. The van der Waals surface area contributed by atoms with Gasteiger partial charge in [0.2, 0.25) is 0 Å². The van der Waals surface area contributed by atoms with Crippen LogP contribution in [0.15, 0.2) is 97.1 Å². The number of allylic oxidation sites excluding steroid dienone is 8. The van der Waals surface area contributed by atoms with Gasteiger partial charge >= 0.3 is 38.7 Å². The van der Waals surface area contributed by atoms with E-state index in [0.717, 1.165) is 12.8 Å². The van der Waals surface area contributed by atoms with Crippen molar-refractivity contribution < 1.29 is 39.0 Å². The van der Waals surface area contributed by atoms with Crippen molar-refractivity contribution in [3.8, 4) is 0 Å². The molecule has 32 heavy (non-hydrogen) atoms. The van der Waals surface area contributed by atoms with Gasteiger partial charge in [0.25, 0.3) is 0 Å². The fourth-order valence-corrected chi connectivity index (χ4v) is 1.84. The Balaban J connectivity index is -0.000000344. The quantitative estimate of drug-likeness (QED) is 0.446. The molecule has 0 atom stereocenters. The SMILES string of the molecule is O=C(O)c1ccccc1.O=C(O)c1ccccc1.[C-]1=CC=CC1.[C-]1=CC=CC1.[CH3-].[CH3-].[SiH2]=[Ti]. The van der Waals surface area contributed by atoms with E-state index in [-0.39, 0.29) is 14.9 Å². The second-order valence-electron chi connectivity index (χ2n) is 5.35. The molecule has 0 spiro atoms. The van der Waals surface area contributed by atoms with Crippen LogP contribution in [0.1, 0.15) is 33.6 Å². The van der Waals surface area contributed by atoms with Crippen LogP contribution in [0.5, 0.6) is 0 Å². The molecule has 4 rings (SSSR count). The van der Waals surface area contributed by atoms with Gasteiger partial charge < -0.3 is 25.1 Å². The van der Waals surface area contributed by atoms with Gasteiger partial charge in [-0.2, -0.15) is 12.2 Å². The zero-order valence-corrected chi connectivity index (χ0v) is 21.5. The van der Waals surface area contributed by atoms with E-state index in [1.165, 1.54) is 0 Å². The van der Waals surface area contributed by atoms with Crippen LogP contribution in [0.2, 0.25) is 0 Å². The summed E-state index contributed by atoms with van der Waals surface area (Å²) in [5.41, 5.74) is 0.662. The third-order valence-electron chi connectivity index (χ3n) is 3.21.